The number of phenols is 1. The summed E-state index contributed by atoms with van der Waals surface area (Å²) in [6.07, 6.45) is 4.60. The molecule has 0 aliphatic rings. The number of phenolic OH excluding ortho intramolecular Hbond substituents is 1. The lowest BCUT2D eigenvalue weighted by molar-refractivity contribution is 0.446. The molecule has 0 spiro atoms. The van der Waals surface area contributed by atoms with Crippen molar-refractivity contribution in [2.45, 2.75) is 65.2 Å². The predicted octanol–water partition coefficient (Wildman–Crippen LogP) is 5.20. The summed E-state index contributed by atoms with van der Waals surface area (Å²) in [5, 5.41) is 10.4. The first kappa shape index (κ1) is 14.1. The summed E-state index contributed by atoms with van der Waals surface area (Å²) < 4.78 is 0. The molecule has 96 valence electrons. The van der Waals surface area contributed by atoms with Crippen molar-refractivity contribution < 1.29 is 5.11 Å². The molecular formula is C16H26O. The lowest BCUT2D eigenvalue weighted by Crippen LogP contribution is -1.99. The monoisotopic (exact) mass is 234 g/mol. The molecule has 0 amide bonds. The molecule has 1 N–H and O–H groups in total. The van der Waals surface area contributed by atoms with E-state index in [1.165, 1.54) is 0 Å². The van der Waals surface area contributed by atoms with Gasteiger partial charge < -0.3 is 5.11 Å². The normalized spacial score (nSPS) is 14.6. The molecule has 1 aromatic carbocycles. The van der Waals surface area contributed by atoms with Crippen LogP contribution in [0.4, 0.5) is 0 Å². The van der Waals surface area contributed by atoms with Crippen molar-refractivity contribution >= 4 is 0 Å². The van der Waals surface area contributed by atoms with Gasteiger partial charge in [-0.15, -0.1) is 0 Å². The van der Waals surface area contributed by atoms with Crippen LogP contribution in [0, 0.1) is 0 Å². The SMILES string of the molecule is CCC[C@@H](C)c1cccc([C@@H](C)CCC)c1O. The lowest BCUT2D eigenvalue weighted by Gasteiger charge is -2.18. The maximum Gasteiger partial charge on any atom is 0.122 e. The van der Waals surface area contributed by atoms with Gasteiger partial charge in [-0.3, -0.25) is 0 Å². The second-order valence-electron chi connectivity index (χ2n) is 5.16. The maximum atomic E-state index is 10.4. The lowest BCUT2D eigenvalue weighted by atomic mass is 9.89. The number of benzene rings is 1. The fourth-order valence-electron chi connectivity index (χ4n) is 2.55. The summed E-state index contributed by atoms with van der Waals surface area (Å²) in [7, 11) is 0. The number of hydrogen-bond donors (Lipinski definition) is 1. The van der Waals surface area contributed by atoms with Crippen LogP contribution in [0.2, 0.25) is 0 Å². The molecule has 0 saturated carbocycles. The van der Waals surface area contributed by atoms with E-state index in [4.69, 9.17) is 0 Å². The first-order valence-corrected chi connectivity index (χ1v) is 6.93. The van der Waals surface area contributed by atoms with Gasteiger partial charge in [-0.05, 0) is 35.8 Å². The maximum absolute atomic E-state index is 10.4. The molecule has 0 aliphatic carbocycles. The van der Waals surface area contributed by atoms with Crippen molar-refractivity contribution in [2.75, 3.05) is 0 Å². The summed E-state index contributed by atoms with van der Waals surface area (Å²) in [5.41, 5.74) is 2.24. The van der Waals surface area contributed by atoms with Gasteiger partial charge in [-0.25, -0.2) is 0 Å². The molecule has 2 atom stereocenters. The third kappa shape index (κ3) is 3.49. The highest BCUT2D eigenvalue weighted by atomic mass is 16.3. The Morgan fingerprint density at radius 3 is 1.71 bits per heavy atom. The predicted molar refractivity (Wildman–Crippen MR) is 74.8 cm³/mol. The van der Waals surface area contributed by atoms with Crippen LogP contribution in [0.25, 0.3) is 0 Å². The standard InChI is InChI=1S/C16H26O/c1-5-8-12(3)14-10-7-11-15(16(14)17)13(4)9-6-2/h7,10-13,17H,5-6,8-9H2,1-4H3/t12-,13+. The Kier molecular flexibility index (Phi) is 5.54. The summed E-state index contributed by atoms with van der Waals surface area (Å²) in [4.78, 5) is 0. The van der Waals surface area contributed by atoms with Crippen LogP contribution in [-0.2, 0) is 0 Å². The van der Waals surface area contributed by atoms with Crippen molar-refractivity contribution in [2.24, 2.45) is 0 Å². The number of para-hydroxylation sites is 1. The molecule has 1 heteroatoms. The third-order valence-corrected chi connectivity index (χ3v) is 3.60. The Morgan fingerprint density at radius 1 is 0.941 bits per heavy atom. The molecule has 17 heavy (non-hydrogen) atoms. The van der Waals surface area contributed by atoms with Crippen molar-refractivity contribution in [1.82, 2.24) is 0 Å². The van der Waals surface area contributed by atoms with Gasteiger partial charge in [0.2, 0.25) is 0 Å². The highest BCUT2D eigenvalue weighted by molar-refractivity contribution is 5.43. The third-order valence-electron chi connectivity index (χ3n) is 3.60. The molecule has 1 aromatic rings. The minimum Gasteiger partial charge on any atom is -0.507 e. The van der Waals surface area contributed by atoms with E-state index in [0.29, 0.717) is 17.6 Å². The fourth-order valence-corrected chi connectivity index (χ4v) is 2.55. The zero-order valence-electron chi connectivity index (χ0n) is 11.7. The van der Waals surface area contributed by atoms with Gasteiger partial charge in [-0.1, -0.05) is 58.7 Å². The first-order valence-electron chi connectivity index (χ1n) is 6.93. The molecule has 0 fully saturated rings. The number of aromatic hydroxyl groups is 1. The van der Waals surface area contributed by atoms with Crippen LogP contribution in [0.1, 0.15) is 76.3 Å². The van der Waals surface area contributed by atoms with Gasteiger partial charge in [-0.2, -0.15) is 0 Å². The summed E-state index contributed by atoms with van der Waals surface area (Å²) in [6, 6.07) is 6.22. The molecule has 0 radical (unpaired) electrons. The molecule has 0 heterocycles. The summed E-state index contributed by atoms with van der Waals surface area (Å²) >= 11 is 0. The second kappa shape index (κ2) is 6.68. The van der Waals surface area contributed by atoms with Crippen LogP contribution >= 0.6 is 0 Å². The Labute approximate surface area is 106 Å². The van der Waals surface area contributed by atoms with Crippen LogP contribution in [0.5, 0.6) is 5.75 Å². The summed E-state index contributed by atoms with van der Waals surface area (Å²) in [6.45, 7) is 8.79. The quantitative estimate of drug-likeness (QED) is 0.717. The molecule has 1 nitrogen and oxygen atoms in total. The van der Waals surface area contributed by atoms with E-state index < -0.39 is 0 Å². The second-order valence-corrected chi connectivity index (χ2v) is 5.16. The highest BCUT2D eigenvalue weighted by Crippen LogP contribution is 2.36. The van der Waals surface area contributed by atoms with E-state index in [9.17, 15) is 5.11 Å². The Balaban J connectivity index is 2.98. The zero-order chi connectivity index (χ0) is 12.8. The van der Waals surface area contributed by atoms with Gasteiger partial charge in [0.05, 0.1) is 0 Å². The van der Waals surface area contributed by atoms with Gasteiger partial charge in [0, 0.05) is 0 Å². The van der Waals surface area contributed by atoms with E-state index in [1.54, 1.807) is 0 Å². The van der Waals surface area contributed by atoms with Crippen LogP contribution in [-0.4, -0.2) is 5.11 Å². The smallest absolute Gasteiger partial charge is 0.122 e. The van der Waals surface area contributed by atoms with Crippen molar-refractivity contribution in [3.8, 4) is 5.75 Å². The molecule has 0 saturated heterocycles. The van der Waals surface area contributed by atoms with Crippen molar-refractivity contribution in [3.05, 3.63) is 29.3 Å². The fraction of sp³-hybridized carbons (Fsp3) is 0.625. The Hall–Kier alpha value is -0.980. The zero-order valence-corrected chi connectivity index (χ0v) is 11.7. The molecule has 0 unspecified atom stereocenters. The Bertz CT molecular complexity index is 313. The van der Waals surface area contributed by atoms with Crippen molar-refractivity contribution in [1.29, 1.82) is 0 Å². The van der Waals surface area contributed by atoms with Gasteiger partial charge >= 0.3 is 0 Å². The van der Waals surface area contributed by atoms with E-state index in [-0.39, 0.29) is 0 Å². The number of rotatable bonds is 6. The van der Waals surface area contributed by atoms with Gasteiger partial charge in [0.15, 0.2) is 0 Å². The minimum absolute atomic E-state index is 0.453. The van der Waals surface area contributed by atoms with E-state index in [2.05, 4.69) is 45.9 Å². The molecule has 1 rings (SSSR count). The average molecular weight is 234 g/mol. The van der Waals surface area contributed by atoms with E-state index in [0.717, 1.165) is 36.8 Å². The average Bonchev–Trinajstić information content (AvgIpc) is 2.29. The van der Waals surface area contributed by atoms with Crippen molar-refractivity contribution in [3.63, 3.8) is 0 Å². The van der Waals surface area contributed by atoms with Crippen LogP contribution in [0.15, 0.2) is 18.2 Å². The van der Waals surface area contributed by atoms with Gasteiger partial charge in [0.1, 0.15) is 5.75 Å². The van der Waals surface area contributed by atoms with E-state index in [1.807, 2.05) is 0 Å². The highest BCUT2D eigenvalue weighted by Gasteiger charge is 2.15. The molecule has 0 bridgehead atoms. The van der Waals surface area contributed by atoms with Crippen LogP contribution in [0.3, 0.4) is 0 Å². The van der Waals surface area contributed by atoms with E-state index >= 15 is 0 Å². The summed E-state index contributed by atoms with van der Waals surface area (Å²) in [5.74, 6) is 1.44. The molecule has 0 aromatic heterocycles. The topological polar surface area (TPSA) is 20.2 Å². The largest absolute Gasteiger partial charge is 0.507 e. The first-order chi connectivity index (χ1) is 8.11. The van der Waals surface area contributed by atoms with Gasteiger partial charge in [0.25, 0.3) is 0 Å². The molecular weight excluding hydrogens is 208 g/mol. The Morgan fingerprint density at radius 2 is 1.35 bits per heavy atom. The minimum atomic E-state index is 0.453. The number of hydrogen-bond acceptors (Lipinski definition) is 1. The van der Waals surface area contributed by atoms with Crippen LogP contribution < -0.4 is 0 Å². The molecule has 0 aliphatic heterocycles.